The van der Waals surface area contributed by atoms with Gasteiger partial charge in [-0.2, -0.15) is 0 Å². The standard InChI is InChI=1S/C13H17NO2/c1-16-13(15)11-4-2-3-9(7-8-11)12(14)10-5-6-10/h2-3,7-8,10,12H,4-6,14H2,1H3. The molecule has 0 radical (unpaired) electrons. The minimum absolute atomic E-state index is 0.115. The van der Waals surface area contributed by atoms with Crippen LogP contribution in [-0.4, -0.2) is 19.1 Å². The lowest BCUT2D eigenvalue weighted by Gasteiger charge is -2.10. The smallest absolute Gasteiger partial charge is 0.334 e. The molecule has 0 aromatic heterocycles. The number of nitrogens with two attached hydrogens (primary N) is 1. The van der Waals surface area contributed by atoms with E-state index in [1.807, 2.05) is 24.3 Å². The molecule has 0 amide bonds. The zero-order chi connectivity index (χ0) is 11.5. The maximum absolute atomic E-state index is 11.4. The lowest BCUT2D eigenvalue weighted by molar-refractivity contribution is -0.136. The monoisotopic (exact) mass is 219 g/mol. The Kier molecular flexibility index (Phi) is 3.25. The van der Waals surface area contributed by atoms with Crippen LogP contribution in [0.5, 0.6) is 0 Å². The molecule has 0 aliphatic heterocycles. The van der Waals surface area contributed by atoms with Gasteiger partial charge < -0.3 is 10.5 Å². The SMILES string of the molecule is COC(=O)C1=CC=C(C(N)C2CC2)C=CC1. The van der Waals surface area contributed by atoms with Gasteiger partial charge in [0, 0.05) is 11.6 Å². The number of esters is 1. The summed E-state index contributed by atoms with van der Waals surface area (Å²) in [6, 6.07) is 0.115. The quantitative estimate of drug-likeness (QED) is 0.735. The van der Waals surface area contributed by atoms with Crippen molar-refractivity contribution in [1.29, 1.82) is 0 Å². The Morgan fingerprint density at radius 1 is 1.50 bits per heavy atom. The average molecular weight is 219 g/mol. The molecule has 1 saturated carbocycles. The highest BCUT2D eigenvalue weighted by Gasteiger charge is 2.30. The third kappa shape index (κ3) is 2.42. The predicted octanol–water partition coefficient (Wildman–Crippen LogP) is 1.71. The maximum atomic E-state index is 11.4. The Morgan fingerprint density at radius 3 is 2.88 bits per heavy atom. The molecule has 0 saturated heterocycles. The molecule has 1 atom stereocenters. The summed E-state index contributed by atoms with van der Waals surface area (Å²) in [6.07, 6.45) is 10.8. The minimum atomic E-state index is -0.262. The van der Waals surface area contributed by atoms with Crippen LogP contribution in [0, 0.1) is 5.92 Å². The van der Waals surface area contributed by atoms with Crippen LogP contribution >= 0.6 is 0 Å². The van der Waals surface area contributed by atoms with E-state index in [4.69, 9.17) is 10.5 Å². The van der Waals surface area contributed by atoms with Crippen LogP contribution in [-0.2, 0) is 9.53 Å². The molecule has 1 unspecified atom stereocenters. The number of rotatable bonds is 3. The van der Waals surface area contributed by atoms with Crippen LogP contribution in [0.25, 0.3) is 0 Å². The van der Waals surface area contributed by atoms with Crippen molar-refractivity contribution in [3.63, 3.8) is 0 Å². The lowest BCUT2D eigenvalue weighted by Crippen LogP contribution is -2.23. The van der Waals surface area contributed by atoms with Crippen molar-refractivity contribution in [1.82, 2.24) is 0 Å². The number of methoxy groups -OCH3 is 1. The molecule has 16 heavy (non-hydrogen) atoms. The first kappa shape index (κ1) is 11.1. The van der Waals surface area contributed by atoms with Gasteiger partial charge in [0.25, 0.3) is 0 Å². The average Bonchev–Trinajstić information content (AvgIpc) is 3.12. The van der Waals surface area contributed by atoms with Gasteiger partial charge in [0.05, 0.1) is 7.11 Å². The largest absolute Gasteiger partial charge is 0.466 e. The molecule has 2 aliphatic rings. The second kappa shape index (κ2) is 4.66. The molecule has 2 rings (SSSR count). The molecular formula is C13H17NO2. The third-order valence-electron chi connectivity index (χ3n) is 3.09. The third-order valence-corrected chi connectivity index (χ3v) is 3.09. The number of hydrogen-bond acceptors (Lipinski definition) is 3. The van der Waals surface area contributed by atoms with Crippen molar-refractivity contribution in [3.8, 4) is 0 Å². The molecule has 0 aromatic rings. The van der Waals surface area contributed by atoms with Gasteiger partial charge in [0.2, 0.25) is 0 Å². The van der Waals surface area contributed by atoms with Crippen molar-refractivity contribution in [2.75, 3.05) is 7.11 Å². The van der Waals surface area contributed by atoms with Crippen LogP contribution in [0.15, 0.2) is 35.5 Å². The molecule has 86 valence electrons. The van der Waals surface area contributed by atoms with Gasteiger partial charge in [0.15, 0.2) is 0 Å². The second-order valence-corrected chi connectivity index (χ2v) is 4.32. The van der Waals surface area contributed by atoms with E-state index < -0.39 is 0 Å². The van der Waals surface area contributed by atoms with Crippen LogP contribution in [0.3, 0.4) is 0 Å². The van der Waals surface area contributed by atoms with E-state index >= 15 is 0 Å². The molecule has 2 aliphatic carbocycles. The van der Waals surface area contributed by atoms with Gasteiger partial charge in [-0.05, 0) is 30.8 Å². The van der Waals surface area contributed by atoms with Crippen LogP contribution in [0.1, 0.15) is 19.3 Å². The van der Waals surface area contributed by atoms with E-state index in [1.54, 1.807) is 0 Å². The summed E-state index contributed by atoms with van der Waals surface area (Å²) >= 11 is 0. The van der Waals surface area contributed by atoms with Crippen LogP contribution in [0.4, 0.5) is 0 Å². The van der Waals surface area contributed by atoms with E-state index in [2.05, 4.69) is 0 Å². The summed E-state index contributed by atoms with van der Waals surface area (Å²) in [4.78, 5) is 11.4. The fourth-order valence-electron chi connectivity index (χ4n) is 1.87. The van der Waals surface area contributed by atoms with Gasteiger partial charge in [-0.25, -0.2) is 4.79 Å². The highest BCUT2D eigenvalue weighted by Crippen LogP contribution is 2.35. The van der Waals surface area contributed by atoms with Gasteiger partial charge in [-0.3, -0.25) is 0 Å². The fraction of sp³-hybridized carbons (Fsp3) is 0.462. The maximum Gasteiger partial charge on any atom is 0.334 e. The topological polar surface area (TPSA) is 52.3 Å². The van der Waals surface area contributed by atoms with E-state index in [9.17, 15) is 4.79 Å². The second-order valence-electron chi connectivity index (χ2n) is 4.32. The highest BCUT2D eigenvalue weighted by atomic mass is 16.5. The van der Waals surface area contributed by atoms with E-state index in [0.29, 0.717) is 17.9 Å². The Hall–Kier alpha value is -1.35. The zero-order valence-corrected chi connectivity index (χ0v) is 9.48. The summed E-state index contributed by atoms with van der Waals surface area (Å²) < 4.78 is 4.70. The summed E-state index contributed by atoms with van der Waals surface area (Å²) in [5, 5.41) is 0. The molecule has 3 heteroatoms. The predicted molar refractivity (Wildman–Crippen MR) is 62.6 cm³/mol. The first-order chi connectivity index (χ1) is 7.72. The van der Waals surface area contributed by atoms with Gasteiger partial charge in [-0.1, -0.05) is 24.3 Å². The number of hydrogen-bond donors (Lipinski definition) is 1. The lowest BCUT2D eigenvalue weighted by atomic mass is 10.0. The van der Waals surface area contributed by atoms with Crippen LogP contribution < -0.4 is 5.73 Å². The van der Waals surface area contributed by atoms with Crippen molar-refractivity contribution >= 4 is 5.97 Å². The molecule has 0 heterocycles. The van der Waals surface area contributed by atoms with Crippen molar-refractivity contribution in [2.24, 2.45) is 11.7 Å². The summed E-state index contributed by atoms with van der Waals surface area (Å²) in [5.41, 5.74) is 7.90. The molecule has 3 nitrogen and oxygen atoms in total. The van der Waals surface area contributed by atoms with Gasteiger partial charge in [-0.15, -0.1) is 0 Å². The number of allylic oxidation sites excluding steroid dienone is 3. The first-order valence-electron chi connectivity index (χ1n) is 5.63. The molecule has 2 N–H and O–H groups in total. The number of carbonyl (C=O) groups excluding carboxylic acids is 1. The molecule has 0 bridgehead atoms. The first-order valence-corrected chi connectivity index (χ1v) is 5.63. The fourth-order valence-corrected chi connectivity index (χ4v) is 1.87. The molecule has 0 spiro atoms. The zero-order valence-electron chi connectivity index (χ0n) is 9.48. The Labute approximate surface area is 95.7 Å². The van der Waals surface area contributed by atoms with E-state index in [1.165, 1.54) is 20.0 Å². The number of ether oxygens (including phenoxy) is 1. The van der Waals surface area contributed by atoms with Gasteiger partial charge in [0.1, 0.15) is 0 Å². The Bertz CT molecular complexity index is 375. The normalized spacial score (nSPS) is 21.9. The summed E-state index contributed by atoms with van der Waals surface area (Å²) in [7, 11) is 1.40. The van der Waals surface area contributed by atoms with Gasteiger partial charge >= 0.3 is 5.97 Å². The van der Waals surface area contributed by atoms with E-state index in [-0.39, 0.29) is 12.0 Å². The Balaban J connectivity index is 2.12. The molecule has 0 aromatic carbocycles. The van der Waals surface area contributed by atoms with Crippen molar-refractivity contribution in [2.45, 2.75) is 25.3 Å². The highest BCUT2D eigenvalue weighted by molar-refractivity contribution is 5.89. The number of carbonyl (C=O) groups is 1. The van der Waals surface area contributed by atoms with E-state index in [0.717, 1.165) is 5.57 Å². The summed E-state index contributed by atoms with van der Waals surface area (Å²) in [6.45, 7) is 0. The molecule has 1 fully saturated rings. The summed E-state index contributed by atoms with van der Waals surface area (Å²) in [5.74, 6) is 0.367. The Morgan fingerprint density at radius 2 is 2.25 bits per heavy atom. The van der Waals surface area contributed by atoms with Crippen molar-refractivity contribution < 1.29 is 9.53 Å². The minimum Gasteiger partial charge on any atom is -0.466 e. The molecular weight excluding hydrogens is 202 g/mol. The van der Waals surface area contributed by atoms with Crippen LogP contribution in [0.2, 0.25) is 0 Å². The van der Waals surface area contributed by atoms with Crippen molar-refractivity contribution in [3.05, 3.63) is 35.5 Å².